The summed E-state index contributed by atoms with van der Waals surface area (Å²) in [5.74, 6) is 0. The molecule has 0 radical (unpaired) electrons. The lowest BCUT2D eigenvalue weighted by atomic mass is 9.98. The normalized spacial score (nSPS) is 12.0. The van der Waals surface area contributed by atoms with Crippen LogP contribution in [-0.2, 0) is 0 Å². The number of aromatic nitrogens is 4. The summed E-state index contributed by atoms with van der Waals surface area (Å²) in [4.78, 5) is 0. The van der Waals surface area contributed by atoms with Gasteiger partial charge in [0.05, 0.1) is 43.9 Å². The zero-order valence-electron chi connectivity index (χ0n) is 61.8. The molecule has 0 aliphatic carbocycles. The van der Waals surface area contributed by atoms with Crippen molar-refractivity contribution < 1.29 is 13.3 Å². The third kappa shape index (κ3) is 10.1. The molecule has 534 valence electrons. The second-order valence-electron chi connectivity index (χ2n) is 29.8. The smallest absolute Gasteiger partial charge is 0.213 e. The second kappa shape index (κ2) is 26.1. The molecule has 17 aromatic carbocycles. The van der Waals surface area contributed by atoms with Gasteiger partial charge in [-0.25, -0.2) is 0 Å². The van der Waals surface area contributed by atoms with Crippen molar-refractivity contribution in [3.63, 3.8) is 0 Å². The van der Waals surface area contributed by atoms with Gasteiger partial charge in [0.15, 0.2) is 8.07 Å². The van der Waals surface area contributed by atoms with Crippen LogP contribution in [0.15, 0.2) is 426 Å². The zero-order valence-corrected chi connectivity index (χ0v) is 62.8. The highest BCUT2D eigenvalue weighted by Gasteiger charge is 2.42. The molecule has 0 spiro atoms. The van der Waals surface area contributed by atoms with Crippen LogP contribution < -0.4 is 20.7 Å². The fourth-order valence-electron chi connectivity index (χ4n) is 18.5. The summed E-state index contributed by atoms with van der Waals surface area (Å²) in [7, 11) is -2.77. The van der Waals surface area contributed by atoms with Crippen LogP contribution in [0, 0.1) is 0 Å². The first kappa shape index (κ1) is 65.0. The predicted octanol–water partition coefficient (Wildman–Crippen LogP) is 25.5. The van der Waals surface area contributed by atoms with E-state index in [-0.39, 0.29) is 0 Å². The Morgan fingerprint density at radius 3 is 0.833 bits per heavy atom. The van der Waals surface area contributed by atoms with Crippen LogP contribution in [-0.4, -0.2) is 26.3 Å². The molecule has 0 saturated heterocycles. The fraction of sp³-hybridized carbons (Fsp3) is 0. The van der Waals surface area contributed by atoms with Gasteiger partial charge in [0.25, 0.3) is 0 Å². The maximum Gasteiger partial charge on any atom is 0.213 e. The minimum absolute atomic E-state index is 0.866. The van der Waals surface area contributed by atoms with E-state index in [0.29, 0.717) is 0 Å². The number of para-hydroxylation sites is 7. The molecular formula is C106H68N4O3Si. The van der Waals surface area contributed by atoms with Crippen molar-refractivity contribution in [3.05, 3.63) is 413 Å². The molecule has 0 saturated carbocycles. The Balaban J connectivity index is 0.000000136. The first-order valence-electron chi connectivity index (χ1n) is 38.9. The molecule has 0 aliphatic rings. The van der Waals surface area contributed by atoms with E-state index in [1.54, 1.807) is 0 Å². The Hall–Kier alpha value is -15.0. The summed E-state index contributed by atoms with van der Waals surface area (Å²) < 4.78 is 28.8. The van der Waals surface area contributed by atoms with E-state index in [9.17, 15) is 0 Å². The molecule has 0 aliphatic heterocycles. The molecule has 0 amide bonds. The molecular weight excluding hydrogens is 1410 g/mol. The Kier molecular flexibility index (Phi) is 14.9. The molecule has 7 heterocycles. The lowest BCUT2D eigenvalue weighted by Crippen LogP contribution is -2.74. The molecule has 114 heavy (non-hydrogen) atoms. The van der Waals surface area contributed by atoms with Gasteiger partial charge in [-0.2, -0.15) is 0 Å². The molecule has 8 heteroatoms. The second-order valence-corrected chi connectivity index (χ2v) is 33.6. The van der Waals surface area contributed by atoms with Crippen LogP contribution in [0.4, 0.5) is 0 Å². The average Bonchev–Trinajstić information content (AvgIpc) is 1.44. The number of hydrogen-bond acceptors (Lipinski definition) is 3. The van der Waals surface area contributed by atoms with E-state index < -0.39 is 8.07 Å². The SMILES string of the molecule is c1ccc(-n2c3ccc(-c4ccc5oc6c(c5c4)c4ccccc4n6-c4ccccc4)cc3c3cc([Si](c4ccccc4)(c4ccccc4)c4ccccc4)ccc32)cc1.c1ccc(-n2c3ccc(-c4ccc5oc6ccccc6c5c4)cc3c3cc(-c4ccc5oc6c(c5c4)c4ccccc4n6-c4ccccc4)ccc32)cc1. The van der Waals surface area contributed by atoms with Crippen molar-refractivity contribution in [1.29, 1.82) is 0 Å². The standard InChI is InChI=1S/C56H38N2OSi.C50H30N2O2/c1-6-18-41(19-7-1)57-52-33-30-39(40-31-35-54-50(37-40)55-47-28-16-17-29-51(47)58(56(55)59-54)42-20-8-2-9-21-42)36-48(52)49-38-46(32-34-53(49)57)60(43-22-10-3-11-23-43,44-24-12-4-13-25-44)45-26-14-5-15-27-45;1-3-11-35(12-4-1)51-44-23-19-31(33-21-25-47-41(29-33)37-15-8-10-18-46(37)53-47)27-39(44)40-28-32(20-24-45(40)51)34-22-26-48-42(30-34)49-38-16-7-9-17-43(38)52(50(49)54-48)36-13-5-2-6-14-36/h1-38H;1-30H. The predicted molar refractivity (Wildman–Crippen MR) is 477 cm³/mol. The Bertz CT molecular complexity index is 7790. The van der Waals surface area contributed by atoms with Crippen LogP contribution in [0.2, 0.25) is 0 Å². The largest absolute Gasteiger partial charge is 0.456 e. The van der Waals surface area contributed by atoms with Gasteiger partial charge >= 0.3 is 0 Å². The molecule has 24 aromatic rings. The highest BCUT2D eigenvalue weighted by Crippen LogP contribution is 2.46. The van der Waals surface area contributed by atoms with Gasteiger partial charge in [0.2, 0.25) is 11.4 Å². The number of hydrogen-bond donors (Lipinski definition) is 0. The van der Waals surface area contributed by atoms with Gasteiger partial charge in [0.1, 0.15) is 22.3 Å². The first-order chi connectivity index (χ1) is 56.5. The summed E-state index contributed by atoms with van der Waals surface area (Å²) in [6.07, 6.45) is 0. The van der Waals surface area contributed by atoms with Gasteiger partial charge in [-0.15, -0.1) is 0 Å². The minimum atomic E-state index is -2.77. The number of nitrogens with zero attached hydrogens (tertiary/aromatic N) is 4. The van der Waals surface area contributed by atoms with Gasteiger partial charge in [-0.05, 0) is 200 Å². The third-order valence-electron chi connectivity index (χ3n) is 23.6. The summed E-state index contributed by atoms with van der Waals surface area (Å²) >= 11 is 0. The van der Waals surface area contributed by atoms with E-state index in [4.69, 9.17) is 13.3 Å². The van der Waals surface area contributed by atoms with Crippen LogP contribution in [0.1, 0.15) is 0 Å². The quantitative estimate of drug-likeness (QED) is 0.0958. The summed E-state index contributed by atoms with van der Waals surface area (Å²) in [5, 5.41) is 19.5. The number of fused-ring (bicyclic) bond motifs is 19. The minimum Gasteiger partial charge on any atom is -0.456 e. The molecule has 0 fully saturated rings. The van der Waals surface area contributed by atoms with Gasteiger partial charge in [-0.3, -0.25) is 9.13 Å². The molecule has 7 aromatic heterocycles. The van der Waals surface area contributed by atoms with Crippen LogP contribution in [0.5, 0.6) is 0 Å². The average molecular weight is 1470 g/mol. The van der Waals surface area contributed by atoms with E-state index >= 15 is 0 Å². The summed E-state index contributed by atoms with van der Waals surface area (Å²) in [5.41, 5.74) is 23.7. The lowest BCUT2D eigenvalue weighted by Gasteiger charge is -2.34. The van der Waals surface area contributed by atoms with E-state index in [1.165, 1.54) is 86.3 Å². The molecule has 24 rings (SSSR count). The van der Waals surface area contributed by atoms with E-state index in [0.717, 1.165) is 122 Å². The van der Waals surface area contributed by atoms with Crippen molar-refractivity contribution >= 4 is 160 Å². The first-order valence-corrected chi connectivity index (χ1v) is 40.9. The Labute approximate surface area is 656 Å². The summed E-state index contributed by atoms with van der Waals surface area (Å²) in [6, 6.07) is 149. The fourth-order valence-corrected chi connectivity index (χ4v) is 23.3. The van der Waals surface area contributed by atoms with Crippen molar-refractivity contribution in [2.24, 2.45) is 0 Å². The maximum absolute atomic E-state index is 6.71. The number of benzene rings is 17. The Morgan fingerprint density at radius 2 is 0.439 bits per heavy atom. The van der Waals surface area contributed by atoms with Crippen molar-refractivity contribution in [1.82, 2.24) is 18.3 Å². The van der Waals surface area contributed by atoms with Crippen LogP contribution in [0.25, 0.3) is 188 Å². The van der Waals surface area contributed by atoms with Crippen molar-refractivity contribution in [2.75, 3.05) is 0 Å². The Morgan fingerprint density at radius 1 is 0.167 bits per heavy atom. The molecule has 0 atom stereocenters. The van der Waals surface area contributed by atoms with Crippen LogP contribution in [0.3, 0.4) is 0 Å². The maximum atomic E-state index is 6.71. The topological polar surface area (TPSA) is 59.1 Å². The number of furan rings is 3. The van der Waals surface area contributed by atoms with Gasteiger partial charge in [-0.1, -0.05) is 267 Å². The van der Waals surface area contributed by atoms with E-state index in [2.05, 4.69) is 413 Å². The van der Waals surface area contributed by atoms with Crippen LogP contribution >= 0.6 is 0 Å². The highest BCUT2D eigenvalue weighted by atomic mass is 28.3. The van der Waals surface area contributed by atoms with Crippen molar-refractivity contribution in [2.45, 2.75) is 0 Å². The third-order valence-corrected chi connectivity index (χ3v) is 28.4. The van der Waals surface area contributed by atoms with Crippen molar-refractivity contribution in [3.8, 4) is 56.1 Å². The molecule has 0 unspecified atom stereocenters. The lowest BCUT2D eigenvalue weighted by molar-refractivity contribution is 0.645. The highest BCUT2D eigenvalue weighted by molar-refractivity contribution is 7.20. The molecule has 7 nitrogen and oxygen atoms in total. The summed E-state index contributed by atoms with van der Waals surface area (Å²) in [6.45, 7) is 0. The van der Waals surface area contributed by atoms with Gasteiger partial charge in [0, 0.05) is 76.6 Å². The van der Waals surface area contributed by atoms with E-state index in [1.807, 2.05) is 18.2 Å². The van der Waals surface area contributed by atoms with Gasteiger partial charge < -0.3 is 22.4 Å². The monoisotopic (exact) mass is 1470 g/mol. The molecule has 0 N–H and O–H groups in total. The number of rotatable bonds is 11. The zero-order chi connectivity index (χ0) is 75.0. The molecule has 0 bridgehead atoms.